The fourth-order valence-corrected chi connectivity index (χ4v) is 3.58. The Morgan fingerprint density at radius 3 is 2.88 bits per heavy atom. The highest BCUT2D eigenvalue weighted by molar-refractivity contribution is 7.99. The fourth-order valence-electron chi connectivity index (χ4n) is 2.40. The molecule has 0 bridgehead atoms. The van der Waals surface area contributed by atoms with Crippen LogP contribution in [0, 0.1) is 5.92 Å². The van der Waals surface area contributed by atoms with Crippen molar-refractivity contribution in [2.45, 2.75) is 25.4 Å². The summed E-state index contributed by atoms with van der Waals surface area (Å²) in [4.78, 5) is 23.5. The molecule has 0 radical (unpaired) electrons. The van der Waals surface area contributed by atoms with Gasteiger partial charge in [-0.25, -0.2) is 0 Å². The van der Waals surface area contributed by atoms with Gasteiger partial charge < -0.3 is 9.47 Å². The van der Waals surface area contributed by atoms with Crippen molar-refractivity contribution >= 4 is 23.5 Å². The molecule has 0 aromatic heterocycles. The minimum absolute atomic E-state index is 0.0636. The SMILES string of the molecule is CCOC(=O)C1C(=O)COC12CCSCC2. The molecular weight excluding hydrogens is 228 g/mol. The van der Waals surface area contributed by atoms with Gasteiger partial charge in [-0.1, -0.05) is 0 Å². The minimum Gasteiger partial charge on any atom is -0.465 e. The first-order valence-electron chi connectivity index (χ1n) is 5.60. The second-order valence-corrected chi connectivity index (χ2v) is 5.34. The largest absolute Gasteiger partial charge is 0.465 e. The number of ether oxygens (including phenoxy) is 2. The predicted octanol–water partition coefficient (Wildman–Crippen LogP) is 1.03. The number of carbonyl (C=O) groups is 2. The Balaban J connectivity index is 2.17. The summed E-state index contributed by atoms with van der Waals surface area (Å²) in [5.41, 5.74) is -0.561. The Morgan fingerprint density at radius 2 is 2.25 bits per heavy atom. The number of ketones is 1. The predicted molar refractivity (Wildman–Crippen MR) is 60.4 cm³/mol. The van der Waals surface area contributed by atoms with E-state index in [0.717, 1.165) is 24.3 Å². The van der Waals surface area contributed by atoms with Gasteiger partial charge in [-0.05, 0) is 31.3 Å². The molecule has 16 heavy (non-hydrogen) atoms. The van der Waals surface area contributed by atoms with Crippen LogP contribution in [0.1, 0.15) is 19.8 Å². The van der Waals surface area contributed by atoms with E-state index in [0.29, 0.717) is 6.61 Å². The summed E-state index contributed by atoms with van der Waals surface area (Å²) >= 11 is 1.84. The van der Waals surface area contributed by atoms with Crippen molar-refractivity contribution in [3.63, 3.8) is 0 Å². The lowest BCUT2D eigenvalue weighted by atomic mass is 9.82. The highest BCUT2D eigenvalue weighted by atomic mass is 32.2. The fraction of sp³-hybridized carbons (Fsp3) is 0.818. The van der Waals surface area contributed by atoms with Crippen molar-refractivity contribution in [3.05, 3.63) is 0 Å². The van der Waals surface area contributed by atoms with Crippen LogP contribution in [0.4, 0.5) is 0 Å². The molecule has 2 fully saturated rings. The molecule has 2 heterocycles. The first kappa shape index (κ1) is 11.9. The van der Waals surface area contributed by atoms with Gasteiger partial charge >= 0.3 is 5.97 Å². The van der Waals surface area contributed by atoms with Gasteiger partial charge in [0.25, 0.3) is 0 Å². The van der Waals surface area contributed by atoms with Crippen molar-refractivity contribution in [2.75, 3.05) is 24.7 Å². The van der Waals surface area contributed by atoms with E-state index in [4.69, 9.17) is 9.47 Å². The molecule has 0 aliphatic carbocycles. The van der Waals surface area contributed by atoms with Crippen LogP contribution in [0.25, 0.3) is 0 Å². The number of esters is 1. The molecule has 1 spiro atoms. The molecule has 0 aromatic rings. The van der Waals surface area contributed by atoms with Crippen molar-refractivity contribution in [2.24, 2.45) is 5.92 Å². The van der Waals surface area contributed by atoms with E-state index in [1.165, 1.54) is 0 Å². The molecule has 0 amide bonds. The molecule has 90 valence electrons. The van der Waals surface area contributed by atoms with Gasteiger partial charge in [0.2, 0.25) is 0 Å². The molecule has 2 aliphatic heterocycles. The quantitative estimate of drug-likeness (QED) is 0.536. The van der Waals surface area contributed by atoms with Crippen LogP contribution < -0.4 is 0 Å². The monoisotopic (exact) mass is 244 g/mol. The zero-order valence-electron chi connectivity index (χ0n) is 9.36. The number of hydrogen-bond donors (Lipinski definition) is 0. The Labute approximate surface area is 99.1 Å². The third-order valence-corrected chi connectivity index (χ3v) is 4.20. The standard InChI is InChI=1S/C11H16O4S/c1-2-14-10(13)9-8(12)7-15-11(9)3-5-16-6-4-11/h9H,2-7H2,1H3. The average molecular weight is 244 g/mol. The van der Waals surface area contributed by atoms with Gasteiger partial charge in [-0.3, -0.25) is 9.59 Å². The van der Waals surface area contributed by atoms with Crippen LogP contribution in [0.15, 0.2) is 0 Å². The lowest BCUT2D eigenvalue weighted by Gasteiger charge is -2.35. The molecule has 2 rings (SSSR count). The second kappa shape index (κ2) is 4.75. The molecule has 2 aliphatic rings. The van der Waals surface area contributed by atoms with E-state index < -0.39 is 17.5 Å². The molecular formula is C11H16O4S. The van der Waals surface area contributed by atoms with Crippen LogP contribution in [0.2, 0.25) is 0 Å². The zero-order chi connectivity index (χ0) is 11.6. The van der Waals surface area contributed by atoms with E-state index in [2.05, 4.69) is 0 Å². The Kier molecular flexibility index (Phi) is 3.54. The molecule has 0 saturated carbocycles. The molecule has 4 nitrogen and oxygen atoms in total. The number of rotatable bonds is 2. The van der Waals surface area contributed by atoms with E-state index in [9.17, 15) is 9.59 Å². The summed E-state index contributed by atoms with van der Waals surface area (Å²) < 4.78 is 10.6. The normalized spacial score (nSPS) is 28.3. The second-order valence-electron chi connectivity index (χ2n) is 4.12. The third-order valence-electron chi connectivity index (χ3n) is 3.21. The highest BCUT2D eigenvalue weighted by Crippen LogP contribution is 2.41. The summed E-state index contributed by atoms with van der Waals surface area (Å²) in [7, 11) is 0. The molecule has 2 saturated heterocycles. The van der Waals surface area contributed by atoms with Crippen LogP contribution in [0.5, 0.6) is 0 Å². The first-order chi connectivity index (χ1) is 7.69. The van der Waals surface area contributed by atoms with E-state index in [-0.39, 0.29) is 12.4 Å². The van der Waals surface area contributed by atoms with Crippen molar-refractivity contribution in [1.82, 2.24) is 0 Å². The van der Waals surface area contributed by atoms with Gasteiger partial charge in [0.15, 0.2) is 5.78 Å². The van der Waals surface area contributed by atoms with Gasteiger partial charge in [-0.15, -0.1) is 0 Å². The van der Waals surface area contributed by atoms with Crippen LogP contribution in [-0.4, -0.2) is 42.1 Å². The van der Waals surface area contributed by atoms with Crippen molar-refractivity contribution in [1.29, 1.82) is 0 Å². The van der Waals surface area contributed by atoms with Crippen LogP contribution >= 0.6 is 11.8 Å². The van der Waals surface area contributed by atoms with E-state index in [1.807, 2.05) is 11.8 Å². The molecule has 1 atom stereocenters. The number of carbonyl (C=O) groups excluding carboxylic acids is 2. The average Bonchev–Trinajstić information content (AvgIpc) is 2.57. The minimum atomic E-state index is -0.687. The summed E-state index contributed by atoms with van der Waals surface area (Å²) in [5, 5.41) is 0. The van der Waals surface area contributed by atoms with Gasteiger partial charge in [0, 0.05) is 0 Å². The number of hydrogen-bond acceptors (Lipinski definition) is 5. The van der Waals surface area contributed by atoms with Gasteiger partial charge in [0.05, 0.1) is 12.2 Å². The molecule has 0 aromatic carbocycles. The molecule has 5 heteroatoms. The number of Topliss-reactive ketones (excluding diaryl/α,β-unsaturated/α-hetero) is 1. The molecule has 1 unspecified atom stereocenters. The van der Waals surface area contributed by atoms with E-state index >= 15 is 0 Å². The highest BCUT2D eigenvalue weighted by Gasteiger charge is 2.54. The lowest BCUT2D eigenvalue weighted by molar-refractivity contribution is -0.156. The van der Waals surface area contributed by atoms with Crippen LogP contribution in [0.3, 0.4) is 0 Å². The maximum atomic E-state index is 11.8. The van der Waals surface area contributed by atoms with Gasteiger partial charge in [0.1, 0.15) is 12.5 Å². The van der Waals surface area contributed by atoms with Gasteiger partial charge in [-0.2, -0.15) is 11.8 Å². The summed E-state index contributed by atoms with van der Waals surface area (Å²) in [5.74, 6) is 0.683. The lowest BCUT2D eigenvalue weighted by Crippen LogP contribution is -2.45. The zero-order valence-corrected chi connectivity index (χ0v) is 10.2. The van der Waals surface area contributed by atoms with Crippen molar-refractivity contribution in [3.8, 4) is 0 Å². The summed E-state index contributed by atoms with van der Waals surface area (Å²) in [6, 6.07) is 0. The smallest absolute Gasteiger partial charge is 0.319 e. The first-order valence-corrected chi connectivity index (χ1v) is 6.76. The maximum absolute atomic E-state index is 11.8. The Bertz CT molecular complexity index is 296. The summed E-state index contributed by atoms with van der Waals surface area (Å²) in [6.07, 6.45) is 1.54. The third kappa shape index (κ3) is 1.98. The molecule has 0 N–H and O–H groups in total. The van der Waals surface area contributed by atoms with Crippen molar-refractivity contribution < 1.29 is 19.1 Å². The topological polar surface area (TPSA) is 52.6 Å². The van der Waals surface area contributed by atoms with E-state index in [1.54, 1.807) is 6.92 Å². The Hall–Kier alpha value is -0.550. The maximum Gasteiger partial charge on any atom is 0.319 e. The summed E-state index contributed by atoms with van der Waals surface area (Å²) in [6.45, 7) is 2.13. The Morgan fingerprint density at radius 1 is 1.56 bits per heavy atom. The number of thioether (sulfide) groups is 1. The van der Waals surface area contributed by atoms with Crippen LogP contribution in [-0.2, 0) is 19.1 Å².